The van der Waals surface area contributed by atoms with Crippen molar-refractivity contribution in [3.05, 3.63) is 30.3 Å². The first-order valence-electron chi connectivity index (χ1n) is 5.91. The van der Waals surface area contributed by atoms with E-state index in [4.69, 9.17) is 9.84 Å². The Morgan fingerprint density at radius 2 is 2.00 bits per heavy atom. The van der Waals surface area contributed by atoms with Gasteiger partial charge in [-0.05, 0) is 12.1 Å². The number of nitrogens with zero attached hydrogens (tertiary/aromatic N) is 1. The monoisotopic (exact) mass is 265 g/mol. The molecule has 6 heteroatoms. The number of likely N-dealkylation sites (tertiary alicyclic amines) is 1. The molecule has 1 aliphatic rings. The Hall–Kier alpha value is -2.24. The first-order chi connectivity index (χ1) is 9.11. The van der Waals surface area contributed by atoms with E-state index < -0.39 is 18.1 Å². The number of methoxy groups -OCH3 is 1. The van der Waals surface area contributed by atoms with E-state index in [0.717, 1.165) is 4.90 Å². The highest BCUT2D eigenvalue weighted by molar-refractivity contribution is 5.81. The average molecular weight is 265 g/mol. The van der Waals surface area contributed by atoms with Crippen molar-refractivity contribution in [3.8, 4) is 5.75 Å². The van der Waals surface area contributed by atoms with Gasteiger partial charge >= 0.3 is 12.1 Å². The number of esters is 1. The molecule has 1 heterocycles. The van der Waals surface area contributed by atoms with Gasteiger partial charge in [-0.25, -0.2) is 9.59 Å². The number of hydrogen-bond donors (Lipinski definition) is 1. The van der Waals surface area contributed by atoms with E-state index >= 15 is 0 Å². The van der Waals surface area contributed by atoms with Gasteiger partial charge in [-0.3, -0.25) is 4.90 Å². The molecule has 1 N–H and O–H groups in total. The molecule has 6 nitrogen and oxygen atoms in total. The minimum Gasteiger partial charge on any atom is -0.488 e. The molecule has 0 bridgehead atoms. The van der Waals surface area contributed by atoms with Gasteiger partial charge in [0.05, 0.1) is 13.7 Å². The van der Waals surface area contributed by atoms with E-state index in [-0.39, 0.29) is 12.6 Å². The van der Waals surface area contributed by atoms with Gasteiger partial charge in [0, 0.05) is 6.42 Å². The van der Waals surface area contributed by atoms with Gasteiger partial charge in [-0.1, -0.05) is 18.2 Å². The quantitative estimate of drug-likeness (QED) is 0.835. The number of hydrogen-bond acceptors (Lipinski definition) is 4. The maximum atomic E-state index is 11.5. The first kappa shape index (κ1) is 13.2. The molecular formula is C13H15NO5. The molecule has 1 saturated heterocycles. The Morgan fingerprint density at radius 1 is 1.32 bits per heavy atom. The number of amides is 1. The minimum absolute atomic E-state index is 0.157. The highest BCUT2D eigenvalue weighted by atomic mass is 16.5. The molecule has 0 spiro atoms. The van der Waals surface area contributed by atoms with E-state index in [1.165, 1.54) is 7.11 Å². The number of carbonyl (C=O) groups is 2. The first-order valence-corrected chi connectivity index (χ1v) is 5.91. The van der Waals surface area contributed by atoms with Crippen LogP contribution < -0.4 is 4.74 Å². The molecule has 2 atom stereocenters. The van der Waals surface area contributed by atoms with E-state index in [0.29, 0.717) is 12.2 Å². The van der Waals surface area contributed by atoms with Crippen molar-refractivity contribution in [2.24, 2.45) is 0 Å². The third kappa shape index (κ3) is 2.96. The van der Waals surface area contributed by atoms with Gasteiger partial charge in [-0.15, -0.1) is 0 Å². The lowest BCUT2D eigenvalue weighted by Crippen LogP contribution is -2.40. The number of para-hydroxylation sites is 1. The Kier molecular flexibility index (Phi) is 3.89. The van der Waals surface area contributed by atoms with Crippen molar-refractivity contribution in [1.29, 1.82) is 0 Å². The summed E-state index contributed by atoms with van der Waals surface area (Å²) in [6.07, 6.45) is -1.19. The third-order valence-corrected chi connectivity index (χ3v) is 3.03. The number of rotatable bonds is 3. The molecule has 102 valence electrons. The summed E-state index contributed by atoms with van der Waals surface area (Å²) in [4.78, 5) is 23.7. The summed E-state index contributed by atoms with van der Waals surface area (Å²) < 4.78 is 10.3. The predicted octanol–water partition coefficient (Wildman–Crippen LogP) is 1.36. The number of benzene rings is 1. The zero-order valence-electron chi connectivity index (χ0n) is 10.5. The summed E-state index contributed by atoms with van der Waals surface area (Å²) in [6, 6.07) is 8.31. The zero-order valence-corrected chi connectivity index (χ0v) is 10.5. The van der Waals surface area contributed by atoms with Crippen molar-refractivity contribution < 1.29 is 24.2 Å². The molecule has 1 aromatic rings. The summed E-state index contributed by atoms with van der Waals surface area (Å²) in [5.41, 5.74) is 0. The molecule has 1 fully saturated rings. The van der Waals surface area contributed by atoms with Crippen LogP contribution in [0.2, 0.25) is 0 Å². The van der Waals surface area contributed by atoms with Crippen molar-refractivity contribution >= 4 is 12.1 Å². The molecular weight excluding hydrogens is 250 g/mol. The second-order valence-electron chi connectivity index (χ2n) is 4.26. The molecule has 0 aromatic heterocycles. The third-order valence-electron chi connectivity index (χ3n) is 3.03. The molecule has 2 unspecified atom stereocenters. The van der Waals surface area contributed by atoms with Gasteiger partial charge in [0.2, 0.25) is 0 Å². The summed E-state index contributed by atoms with van der Waals surface area (Å²) >= 11 is 0. The molecule has 19 heavy (non-hydrogen) atoms. The molecule has 1 aliphatic heterocycles. The minimum atomic E-state index is -1.14. The van der Waals surface area contributed by atoms with Crippen LogP contribution in [0.1, 0.15) is 6.42 Å². The molecule has 1 aromatic carbocycles. The van der Waals surface area contributed by atoms with Crippen LogP contribution in [0.5, 0.6) is 5.75 Å². The summed E-state index contributed by atoms with van der Waals surface area (Å²) in [5.74, 6) is 0.102. The summed E-state index contributed by atoms with van der Waals surface area (Å²) in [6.45, 7) is 0.157. The second-order valence-corrected chi connectivity index (χ2v) is 4.26. The fourth-order valence-electron chi connectivity index (χ4n) is 2.15. The van der Waals surface area contributed by atoms with E-state index in [2.05, 4.69) is 4.74 Å². The molecule has 2 rings (SSSR count). The van der Waals surface area contributed by atoms with Crippen LogP contribution in [-0.4, -0.2) is 47.9 Å². The van der Waals surface area contributed by atoms with E-state index in [1.807, 2.05) is 18.2 Å². The molecule has 0 saturated carbocycles. The van der Waals surface area contributed by atoms with Crippen LogP contribution in [0.3, 0.4) is 0 Å². The van der Waals surface area contributed by atoms with Crippen LogP contribution >= 0.6 is 0 Å². The average Bonchev–Trinajstić information content (AvgIpc) is 2.83. The van der Waals surface area contributed by atoms with Crippen molar-refractivity contribution in [2.75, 3.05) is 13.7 Å². The summed E-state index contributed by atoms with van der Waals surface area (Å²) in [7, 11) is 1.24. The van der Waals surface area contributed by atoms with Crippen LogP contribution in [0.25, 0.3) is 0 Å². The Labute approximate surface area is 110 Å². The normalized spacial score (nSPS) is 22.1. The zero-order chi connectivity index (χ0) is 13.8. The van der Waals surface area contributed by atoms with Crippen LogP contribution in [-0.2, 0) is 9.53 Å². The topological polar surface area (TPSA) is 76.1 Å². The number of ether oxygens (including phenoxy) is 2. The Morgan fingerprint density at radius 3 is 2.58 bits per heavy atom. The number of carboxylic acid groups (broad SMARTS) is 1. The fraction of sp³-hybridized carbons (Fsp3) is 0.385. The van der Waals surface area contributed by atoms with Crippen LogP contribution in [0, 0.1) is 0 Å². The van der Waals surface area contributed by atoms with Crippen molar-refractivity contribution in [1.82, 2.24) is 4.90 Å². The summed E-state index contributed by atoms with van der Waals surface area (Å²) in [5, 5.41) is 9.07. The Bertz CT molecular complexity index is 461. The maximum absolute atomic E-state index is 11.5. The second kappa shape index (κ2) is 5.60. The smallest absolute Gasteiger partial charge is 0.408 e. The lowest BCUT2D eigenvalue weighted by Gasteiger charge is -2.18. The van der Waals surface area contributed by atoms with Crippen LogP contribution in [0.4, 0.5) is 4.79 Å². The largest absolute Gasteiger partial charge is 0.488 e. The van der Waals surface area contributed by atoms with Crippen LogP contribution in [0.15, 0.2) is 30.3 Å². The standard InChI is InChI=1S/C13H15NO5/c1-18-12(15)11-7-10(8-14(11)13(16)17)19-9-5-3-2-4-6-9/h2-6,10-11H,7-8H2,1H3,(H,16,17). The van der Waals surface area contributed by atoms with E-state index in [1.54, 1.807) is 12.1 Å². The van der Waals surface area contributed by atoms with Gasteiger partial charge in [0.15, 0.2) is 0 Å². The van der Waals surface area contributed by atoms with Gasteiger partial charge in [-0.2, -0.15) is 0 Å². The fourth-order valence-corrected chi connectivity index (χ4v) is 2.15. The molecule has 1 amide bonds. The lowest BCUT2D eigenvalue weighted by molar-refractivity contribution is -0.145. The highest BCUT2D eigenvalue weighted by Crippen LogP contribution is 2.23. The molecule has 0 radical (unpaired) electrons. The van der Waals surface area contributed by atoms with Crippen molar-refractivity contribution in [3.63, 3.8) is 0 Å². The predicted molar refractivity (Wildman–Crippen MR) is 66.0 cm³/mol. The number of carbonyl (C=O) groups excluding carboxylic acids is 1. The maximum Gasteiger partial charge on any atom is 0.408 e. The van der Waals surface area contributed by atoms with Gasteiger partial charge in [0.1, 0.15) is 17.9 Å². The van der Waals surface area contributed by atoms with E-state index in [9.17, 15) is 9.59 Å². The highest BCUT2D eigenvalue weighted by Gasteiger charge is 2.41. The van der Waals surface area contributed by atoms with Crippen molar-refractivity contribution in [2.45, 2.75) is 18.6 Å². The van der Waals surface area contributed by atoms with Gasteiger partial charge < -0.3 is 14.6 Å². The lowest BCUT2D eigenvalue weighted by atomic mass is 10.2. The SMILES string of the molecule is COC(=O)C1CC(Oc2ccccc2)CN1C(=O)O. The van der Waals surface area contributed by atoms with Gasteiger partial charge in [0.25, 0.3) is 0 Å². The Balaban J connectivity index is 2.05. The molecule has 0 aliphatic carbocycles.